The summed E-state index contributed by atoms with van der Waals surface area (Å²) in [5, 5.41) is 10.5. The molecule has 6 atom stereocenters. The molecule has 3 aliphatic rings. The van der Waals surface area contributed by atoms with Crippen LogP contribution < -0.4 is 0 Å². The first kappa shape index (κ1) is 14.1. The Bertz CT molecular complexity index is 465. The Morgan fingerprint density at radius 1 is 1.30 bits per heavy atom. The Labute approximate surface area is 120 Å². The second-order valence-electron chi connectivity index (χ2n) is 7.43. The zero-order valence-electron chi connectivity index (χ0n) is 12.7. The van der Waals surface area contributed by atoms with Crippen LogP contribution in [0, 0.1) is 23.7 Å². The molecule has 0 aromatic rings. The van der Waals surface area contributed by atoms with Crippen molar-refractivity contribution < 1.29 is 19.4 Å². The number of carbonyl (C=O) groups excluding carboxylic acids is 1. The van der Waals surface area contributed by atoms with E-state index in [2.05, 4.69) is 6.58 Å². The van der Waals surface area contributed by atoms with Gasteiger partial charge in [0.05, 0.1) is 5.60 Å². The van der Waals surface area contributed by atoms with E-state index in [0.29, 0.717) is 11.5 Å². The molecule has 3 fully saturated rings. The van der Waals surface area contributed by atoms with Crippen LogP contribution in [0.3, 0.4) is 0 Å². The number of ether oxygens (including phenoxy) is 2. The van der Waals surface area contributed by atoms with E-state index in [1.54, 1.807) is 13.8 Å². The minimum atomic E-state index is -1.06. The summed E-state index contributed by atoms with van der Waals surface area (Å²) >= 11 is 0. The zero-order valence-corrected chi connectivity index (χ0v) is 12.7. The number of fused-ring (bicyclic) bond motifs is 5. The molecule has 0 aromatic carbocycles. The van der Waals surface area contributed by atoms with Gasteiger partial charge in [-0.05, 0) is 46.5 Å². The molecule has 1 saturated heterocycles. The maximum absolute atomic E-state index is 11.8. The second kappa shape index (κ2) is 4.08. The van der Waals surface area contributed by atoms with Crippen LogP contribution in [0.4, 0.5) is 0 Å². The van der Waals surface area contributed by atoms with Crippen molar-refractivity contribution >= 4 is 5.97 Å². The van der Waals surface area contributed by atoms with Gasteiger partial charge in [-0.1, -0.05) is 6.58 Å². The molecule has 112 valence electrons. The van der Waals surface area contributed by atoms with Crippen LogP contribution in [-0.2, 0) is 14.3 Å². The second-order valence-corrected chi connectivity index (χ2v) is 7.43. The van der Waals surface area contributed by atoms with Crippen LogP contribution >= 0.6 is 0 Å². The van der Waals surface area contributed by atoms with Gasteiger partial charge in [-0.15, -0.1) is 0 Å². The minimum absolute atomic E-state index is 0.0535. The molecule has 3 rings (SSSR count). The highest BCUT2D eigenvalue weighted by atomic mass is 16.6. The number of rotatable bonds is 2. The number of aliphatic hydroxyl groups is 1. The van der Waals surface area contributed by atoms with Crippen molar-refractivity contribution in [3.8, 4) is 0 Å². The molecule has 4 heteroatoms. The number of carbonyl (C=O) groups is 1. The standard InChI is InChI=1S/C16H24O4/c1-8(2)14(17)19-11-7-9-6-10(11)13-12(9)16(5,18)20-15(13,3)4/h9-13,18H,1,6-7H2,2-5H3. The summed E-state index contributed by atoms with van der Waals surface area (Å²) in [5.74, 6) is -0.289. The quantitative estimate of drug-likeness (QED) is 0.622. The predicted octanol–water partition coefficient (Wildman–Crippen LogP) is 2.26. The SMILES string of the molecule is C=C(C)C(=O)OC1CC2CC1C1C2C(C)(O)OC1(C)C. The average molecular weight is 280 g/mol. The van der Waals surface area contributed by atoms with Gasteiger partial charge in [0.1, 0.15) is 6.10 Å². The molecule has 2 bridgehead atoms. The van der Waals surface area contributed by atoms with Crippen molar-refractivity contribution in [3.63, 3.8) is 0 Å². The van der Waals surface area contributed by atoms with E-state index >= 15 is 0 Å². The monoisotopic (exact) mass is 280 g/mol. The van der Waals surface area contributed by atoms with Crippen molar-refractivity contribution in [2.24, 2.45) is 23.7 Å². The summed E-state index contributed by atoms with van der Waals surface area (Å²) in [7, 11) is 0. The first-order chi connectivity index (χ1) is 9.13. The Balaban J connectivity index is 1.82. The van der Waals surface area contributed by atoms with Crippen molar-refractivity contribution in [2.75, 3.05) is 0 Å². The Morgan fingerprint density at radius 2 is 1.95 bits per heavy atom. The lowest BCUT2D eigenvalue weighted by Gasteiger charge is -2.36. The van der Waals surface area contributed by atoms with Gasteiger partial charge >= 0.3 is 5.97 Å². The summed E-state index contributed by atoms with van der Waals surface area (Å²) in [6, 6.07) is 0. The van der Waals surface area contributed by atoms with Gasteiger partial charge in [0.25, 0.3) is 0 Å². The molecule has 0 amide bonds. The maximum atomic E-state index is 11.8. The molecular weight excluding hydrogens is 256 g/mol. The highest BCUT2D eigenvalue weighted by molar-refractivity contribution is 5.87. The fourth-order valence-corrected chi connectivity index (χ4v) is 5.06. The highest BCUT2D eigenvalue weighted by Crippen LogP contribution is 2.64. The molecule has 0 spiro atoms. The van der Waals surface area contributed by atoms with Crippen molar-refractivity contribution in [1.29, 1.82) is 0 Å². The summed E-state index contributed by atoms with van der Waals surface area (Å²) in [6.07, 6.45) is 1.80. The molecule has 1 N–H and O–H groups in total. The fourth-order valence-electron chi connectivity index (χ4n) is 5.06. The molecule has 6 unspecified atom stereocenters. The zero-order chi connectivity index (χ0) is 14.9. The van der Waals surface area contributed by atoms with E-state index in [0.717, 1.165) is 12.8 Å². The summed E-state index contributed by atoms with van der Waals surface area (Å²) in [5.41, 5.74) is 0.0697. The molecule has 2 aliphatic carbocycles. The average Bonchev–Trinajstić information content (AvgIpc) is 2.88. The lowest BCUT2D eigenvalue weighted by Crippen LogP contribution is -2.42. The third-order valence-corrected chi connectivity index (χ3v) is 5.44. The molecule has 1 heterocycles. The van der Waals surface area contributed by atoms with Gasteiger partial charge in [-0.2, -0.15) is 0 Å². The van der Waals surface area contributed by atoms with Crippen molar-refractivity contribution in [1.82, 2.24) is 0 Å². The summed E-state index contributed by atoms with van der Waals surface area (Å²) in [6.45, 7) is 11.1. The van der Waals surface area contributed by atoms with Crippen LogP contribution in [0.1, 0.15) is 40.5 Å². The van der Waals surface area contributed by atoms with Gasteiger partial charge in [-0.3, -0.25) is 0 Å². The number of hydrogen-bond acceptors (Lipinski definition) is 4. The van der Waals surface area contributed by atoms with Gasteiger partial charge in [0.2, 0.25) is 0 Å². The normalized spacial score (nSPS) is 48.1. The van der Waals surface area contributed by atoms with Crippen LogP contribution in [0.15, 0.2) is 12.2 Å². The van der Waals surface area contributed by atoms with Gasteiger partial charge in [-0.25, -0.2) is 4.79 Å². The number of hydrogen-bond donors (Lipinski definition) is 1. The first-order valence-corrected chi connectivity index (χ1v) is 7.42. The van der Waals surface area contributed by atoms with E-state index in [9.17, 15) is 9.90 Å². The van der Waals surface area contributed by atoms with Gasteiger partial charge < -0.3 is 14.6 Å². The Morgan fingerprint density at radius 3 is 2.55 bits per heavy atom. The van der Waals surface area contributed by atoms with Crippen LogP contribution in [0.5, 0.6) is 0 Å². The molecule has 4 nitrogen and oxygen atoms in total. The van der Waals surface area contributed by atoms with Gasteiger partial charge in [0, 0.05) is 23.3 Å². The van der Waals surface area contributed by atoms with E-state index < -0.39 is 5.79 Å². The molecule has 2 saturated carbocycles. The Hall–Kier alpha value is -0.870. The Kier molecular flexibility index (Phi) is 2.87. The molecule has 0 aromatic heterocycles. The molecule has 0 radical (unpaired) electrons. The molecule has 20 heavy (non-hydrogen) atoms. The smallest absolute Gasteiger partial charge is 0.333 e. The molecular formula is C16H24O4. The maximum Gasteiger partial charge on any atom is 0.333 e. The summed E-state index contributed by atoms with van der Waals surface area (Å²) < 4.78 is 11.5. The first-order valence-electron chi connectivity index (χ1n) is 7.42. The van der Waals surface area contributed by atoms with Crippen LogP contribution in [-0.4, -0.2) is 28.6 Å². The van der Waals surface area contributed by atoms with E-state index in [4.69, 9.17) is 9.47 Å². The topological polar surface area (TPSA) is 55.8 Å². The third-order valence-electron chi connectivity index (χ3n) is 5.44. The lowest BCUT2D eigenvalue weighted by atomic mass is 9.70. The van der Waals surface area contributed by atoms with Crippen LogP contribution in [0.2, 0.25) is 0 Å². The lowest BCUT2D eigenvalue weighted by molar-refractivity contribution is -0.225. The van der Waals surface area contributed by atoms with Gasteiger partial charge in [0.15, 0.2) is 5.79 Å². The van der Waals surface area contributed by atoms with Crippen LogP contribution in [0.25, 0.3) is 0 Å². The molecule has 1 aliphatic heterocycles. The minimum Gasteiger partial charge on any atom is -0.459 e. The fraction of sp³-hybridized carbons (Fsp3) is 0.812. The van der Waals surface area contributed by atoms with E-state index in [-0.39, 0.29) is 35.4 Å². The number of esters is 1. The largest absolute Gasteiger partial charge is 0.459 e. The predicted molar refractivity (Wildman–Crippen MR) is 73.7 cm³/mol. The highest BCUT2D eigenvalue weighted by Gasteiger charge is 2.68. The van der Waals surface area contributed by atoms with Crippen molar-refractivity contribution in [3.05, 3.63) is 12.2 Å². The van der Waals surface area contributed by atoms with E-state index in [1.165, 1.54) is 0 Å². The van der Waals surface area contributed by atoms with Crippen molar-refractivity contribution in [2.45, 2.75) is 58.0 Å². The summed E-state index contributed by atoms with van der Waals surface area (Å²) in [4.78, 5) is 11.8. The third kappa shape index (κ3) is 1.85. The van der Waals surface area contributed by atoms with E-state index in [1.807, 2.05) is 13.8 Å².